The molecule has 0 heterocycles. The number of benzene rings is 1. The zero-order valence-electron chi connectivity index (χ0n) is 12.5. The number of nitrogen functional groups attached to an aromatic ring is 1. The van der Waals surface area contributed by atoms with Gasteiger partial charge in [0.15, 0.2) is 0 Å². The summed E-state index contributed by atoms with van der Waals surface area (Å²) in [7, 11) is 1.61. The van der Waals surface area contributed by atoms with Crippen molar-refractivity contribution in [2.45, 2.75) is 45.4 Å². The van der Waals surface area contributed by atoms with Crippen LogP contribution in [0.5, 0.6) is 5.75 Å². The summed E-state index contributed by atoms with van der Waals surface area (Å²) in [6.07, 6.45) is 4.67. The van der Waals surface area contributed by atoms with Crippen molar-refractivity contribution in [2.24, 2.45) is 11.7 Å². The fourth-order valence-electron chi connectivity index (χ4n) is 3.19. The van der Waals surface area contributed by atoms with Crippen molar-refractivity contribution in [2.75, 3.05) is 12.8 Å². The Labute approximate surface area is 120 Å². The highest BCUT2D eigenvalue weighted by atomic mass is 16.5. The van der Waals surface area contributed by atoms with Crippen LogP contribution in [0.4, 0.5) is 5.69 Å². The average Bonchev–Trinajstić information content (AvgIpc) is 2.42. The zero-order chi connectivity index (χ0) is 14.9. The Morgan fingerprint density at radius 1 is 1.30 bits per heavy atom. The van der Waals surface area contributed by atoms with Crippen LogP contribution in [0.15, 0.2) is 6.07 Å². The Morgan fingerprint density at radius 2 is 1.90 bits per heavy atom. The molecular weight excluding hydrogens is 252 g/mol. The predicted octanol–water partition coefficient (Wildman–Crippen LogP) is 2.98. The van der Waals surface area contributed by atoms with Crippen LogP contribution in [0, 0.1) is 12.8 Å². The fraction of sp³-hybridized carbons (Fsp3) is 0.562. The van der Waals surface area contributed by atoms with E-state index in [9.17, 15) is 4.79 Å². The van der Waals surface area contributed by atoms with Gasteiger partial charge in [-0.2, -0.15) is 0 Å². The second-order valence-corrected chi connectivity index (χ2v) is 5.90. The van der Waals surface area contributed by atoms with Crippen LogP contribution >= 0.6 is 0 Å². The molecule has 0 spiro atoms. The smallest absolute Gasteiger partial charge is 0.249 e. The van der Waals surface area contributed by atoms with Crippen molar-refractivity contribution in [1.82, 2.24) is 0 Å². The standard InChI is InChI=1S/C16H24N2O2/c1-9-4-6-11(7-5-9)14-13(20-3)8-12(16(18)19)10(2)15(14)17/h8-9,11H,4-7,17H2,1-3H3,(H2,18,19). The topological polar surface area (TPSA) is 78.3 Å². The summed E-state index contributed by atoms with van der Waals surface area (Å²) in [6.45, 7) is 4.14. The van der Waals surface area contributed by atoms with E-state index in [1.54, 1.807) is 13.2 Å². The van der Waals surface area contributed by atoms with E-state index in [0.29, 0.717) is 22.9 Å². The van der Waals surface area contributed by atoms with Gasteiger partial charge in [-0.15, -0.1) is 0 Å². The van der Waals surface area contributed by atoms with Crippen molar-refractivity contribution in [3.05, 3.63) is 22.8 Å². The summed E-state index contributed by atoms with van der Waals surface area (Å²) in [6, 6.07) is 1.74. The summed E-state index contributed by atoms with van der Waals surface area (Å²) in [5.74, 6) is 1.43. The van der Waals surface area contributed by atoms with Crippen molar-refractivity contribution < 1.29 is 9.53 Å². The maximum atomic E-state index is 11.5. The Hall–Kier alpha value is -1.71. The normalized spacial score (nSPS) is 22.6. The number of carbonyl (C=O) groups is 1. The van der Waals surface area contributed by atoms with Crippen LogP contribution in [0.1, 0.15) is 60.0 Å². The molecule has 4 heteroatoms. The molecule has 0 aliphatic heterocycles. The molecule has 2 rings (SSSR count). The summed E-state index contributed by atoms with van der Waals surface area (Å²) >= 11 is 0. The highest BCUT2D eigenvalue weighted by molar-refractivity contribution is 5.96. The minimum absolute atomic E-state index is 0.418. The third-order valence-corrected chi connectivity index (χ3v) is 4.55. The van der Waals surface area contributed by atoms with Gasteiger partial charge in [0.1, 0.15) is 5.75 Å². The van der Waals surface area contributed by atoms with E-state index in [1.807, 2.05) is 6.92 Å². The van der Waals surface area contributed by atoms with E-state index in [4.69, 9.17) is 16.2 Å². The fourth-order valence-corrected chi connectivity index (χ4v) is 3.19. The van der Waals surface area contributed by atoms with Gasteiger partial charge in [-0.1, -0.05) is 19.8 Å². The lowest BCUT2D eigenvalue weighted by Gasteiger charge is -2.29. The highest BCUT2D eigenvalue weighted by Gasteiger charge is 2.26. The molecule has 20 heavy (non-hydrogen) atoms. The van der Waals surface area contributed by atoms with E-state index in [0.717, 1.165) is 29.9 Å². The number of nitrogens with two attached hydrogens (primary N) is 2. The van der Waals surface area contributed by atoms with Gasteiger partial charge in [0.05, 0.1) is 7.11 Å². The number of anilines is 1. The van der Waals surface area contributed by atoms with Gasteiger partial charge in [-0.05, 0) is 43.2 Å². The molecule has 1 aromatic carbocycles. The number of hydrogen-bond acceptors (Lipinski definition) is 3. The van der Waals surface area contributed by atoms with Gasteiger partial charge in [0.2, 0.25) is 5.91 Å². The Bertz CT molecular complexity index is 518. The maximum absolute atomic E-state index is 11.5. The first-order valence-corrected chi connectivity index (χ1v) is 7.22. The summed E-state index contributed by atoms with van der Waals surface area (Å²) in [5.41, 5.74) is 14.6. The predicted molar refractivity (Wildman–Crippen MR) is 81.0 cm³/mol. The SMILES string of the molecule is COc1cc(C(N)=O)c(C)c(N)c1C1CCC(C)CC1. The average molecular weight is 276 g/mol. The number of ether oxygens (including phenoxy) is 1. The molecule has 0 bridgehead atoms. The van der Waals surface area contributed by atoms with Crippen LogP contribution in [-0.4, -0.2) is 13.0 Å². The Balaban J connectivity index is 2.47. The monoisotopic (exact) mass is 276 g/mol. The molecule has 1 saturated carbocycles. The van der Waals surface area contributed by atoms with E-state index in [2.05, 4.69) is 6.92 Å². The lowest BCUT2D eigenvalue weighted by molar-refractivity contribution is 0.0999. The molecule has 0 radical (unpaired) electrons. The van der Waals surface area contributed by atoms with Gasteiger partial charge in [-0.25, -0.2) is 0 Å². The van der Waals surface area contributed by atoms with E-state index in [-0.39, 0.29) is 0 Å². The lowest BCUT2D eigenvalue weighted by atomic mass is 9.78. The number of rotatable bonds is 3. The van der Waals surface area contributed by atoms with Crippen LogP contribution < -0.4 is 16.2 Å². The first kappa shape index (κ1) is 14.7. The van der Waals surface area contributed by atoms with Gasteiger partial charge in [-0.3, -0.25) is 4.79 Å². The minimum Gasteiger partial charge on any atom is -0.496 e. The molecule has 110 valence electrons. The second-order valence-electron chi connectivity index (χ2n) is 5.90. The quantitative estimate of drug-likeness (QED) is 0.833. The molecule has 0 unspecified atom stereocenters. The first-order valence-electron chi connectivity index (χ1n) is 7.22. The lowest BCUT2D eigenvalue weighted by Crippen LogP contribution is -2.18. The van der Waals surface area contributed by atoms with Crippen LogP contribution in [0.2, 0.25) is 0 Å². The summed E-state index contributed by atoms with van der Waals surface area (Å²) in [4.78, 5) is 11.5. The molecule has 1 aromatic rings. The Morgan fingerprint density at radius 3 is 2.40 bits per heavy atom. The largest absolute Gasteiger partial charge is 0.496 e. The number of primary amides is 1. The van der Waals surface area contributed by atoms with Gasteiger partial charge < -0.3 is 16.2 Å². The molecule has 1 aliphatic rings. The number of hydrogen-bond donors (Lipinski definition) is 2. The first-order chi connectivity index (χ1) is 9.45. The third-order valence-electron chi connectivity index (χ3n) is 4.55. The van der Waals surface area contributed by atoms with E-state index < -0.39 is 5.91 Å². The maximum Gasteiger partial charge on any atom is 0.249 e. The van der Waals surface area contributed by atoms with Crippen molar-refractivity contribution in [3.8, 4) is 5.75 Å². The van der Waals surface area contributed by atoms with E-state index >= 15 is 0 Å². The van der Waals surface area contributed by atoms with Crippen molar-refractivity contribution in [1.29, 1.82) is 0 Å². The minimum atomic E-state index is -0.462. The van der Waals surface area contributed by atoms with Crippen molar-refractivity contribution >= 4 is 11.6 Å². The van der Waals surface area contributed by atoms with Crippen LogP contribution in [0.25, 0.3) is 0 Å². The van der Waals surface area contributed by atoms with E-state index in [1.165, 1.54) is 12.8 Å². The molecule has 1 fully saturated rings. The second kappa shape index (κ2) is 5.73. The Kier molecular flexibility index (Phi) is 4.21. The summed E-state index contributed by atoms with van der Waals surface area (Å²) in [5, 5.41) is 0. The molecule has 0 aromatic heterocycles. The number of methoxy groups -OCH3 is 1. The third kappa shape index (κ3) is 2.60. The molecule has 0 saturated heterocycles. The van der Waals surface area contributed by atoms with Gasteiger partial charge in [0.25, 0.3) is 0 Å². The number of carbonyl (C=O) groups excluding carboxylic acids is 1. The number of amides is 1. The van der Waals surface area contributed by atoms with Crippen LogP contribution in [-0.2, 0) is 0 Å². The molecule has 4 N–H and O–H groups in total. The molecule has 1 aliphatic carbocycles. The molecule has 0 atom stereocenters. The van der Waals surface area contributed by atoms with Gasteiger partial charge >= 0.3 is 0 Å². The van der Waals surface area contributed by atoms with Crippen LogP contribution in [0.3, 0.4) is 0 Å². The molecule has 4 nitrogen and oxygen atoms in total. The summed E-state index contributed by atoms with van der Waals surface area (Å²) < 4.78 is 5.46. The highest BCUT2D eigenvalue weighted by Crippen LogP contribution is 2.44. The molecule has 1 amide bonds. The van der Waals surface area contributed by atoms with Gasteiger partial charge in [0, 0.05) is 16.8 Å². The van der Waals surface area contributed by atoms with Crippen molar-refractivity contribution in [3.63, 3.8) is 0 Å². The molecular formula is C16H24N2O2. The zero-order valence-corrected chi connectivity index (χ0v) is 12.5.